The van der Waals surface area contributed by atoms with Crippen LogP contribution < -0.4 is 10.1 Å². The Morgan fingerprint density at radius 3 is 2.71 bits per heavy atom. The number of carbonyl (C=O) groups excluding carboxylic acids is 1. The molecule has 1 aromatic heterocycles. The Morgan fingerprint density at radius 2 is 2.12 bits per heavy atom. The third kappa shape index (κ3) is 3.73. The number of nitrogens with zero attached hydrogens (tertiary/aromatic N) is 1. The molecule has 4 nitrogen and oxygen atoms in total. The minimum absolute atomic E-state index is 0.00894. The number of rotatable bonds is 6. The largest absolute Gasteiger partial charge is 0.490 e. The normalized spacial score (nSPS) is 10.4. The van der Waals surface area contributed by atoms with Crippen LogP contribution in [0.1, 0.15) is 33.6 Å². The molecule has 0 aliphatic rings. The highest BCUT2D eigenvalue weighted by atomic mass is 16.5. The van der Waals surface area contributed by atoms with Gasteiger partial charge in [-0.2, -0.15) is 0 Å². The fraction of sp³-hybridized carbons (Fsp3) is 0.538. The molecule has 0 atom stereocenters. The Morgan fingerprint density at radius 1 is 1.41 bits per heavy atom. The third-order valence-corrected chi connectivity index (χ3v) is 2.67. The number of anilines is 1. The number of hydrogen-bond acceptors (Lipinski definition) is 3. The van der Waals surface area contributed by atoms with Crippen molar-refractivity contribution in [2.45, 2.75) is 33.6 Å². The quantitative estimate of drug-likeness (QED) is 0.826. The third-order valence-electron chi connectivity index (χ3n) is 2.67. The van der Waals surface area contributed by atoms with E-state index in [-0.39, 0.29) is 11.8 Å². The van der Waals surface area contributed by atoms with Crippen LogP contribution >= 0.6 is 0 Å². The van der Waals surface area contributed by atoms with Crippen molar-refractivity contribution in [1.29, 1.82) is 0 Å². The van der Waals surface area contributed by atoms with Crippen molar-refractivity contribution >= 4 is 11.7 Å². The van der Waals surface area contributed by atoms with Crippen LogP contribution in [0.4, 0.5) is 5.82 Å². The Balaban J connectivity index is 2.76. The van der Waals surface area contributed by atoms with Gasteiger partial charge in [-0.05, 0) is 31.9 Å². The molecule has 1 amide bonds. The molecule has 0 radical (unpaired) electrons. The zero-order valence-electron chi connectivity index (χ0n) is 10.7. The molecule has 0 spiro atoms. The molecule has 0 saturated carbocycles. The molecule has 0 aliphatic carbocycles. The first-order valence-corrected chi connectivity index (χ1v) is 6.11. The topological polar surface area (TPSA) is 51.2 Å². The molecule has 0 aromatic carbocycles. The molecule has 0 saturated heterocycles. The Bertz CT molecular complexity index is 362. The van der Waals surface area contributed by atoms with Crippen LogP contribution in [0.15, 0.2) is 18.3 Å². The lowest BCUT2D eigenvalue weighted by atomic mass is 10.0. The van der Waals surface area contributed by atoms with Crippen LogP contribution in [0, 0.1) is 5.92 Å². The number of nitrogens with one attached hydrogen (secondary N) is 1. The summed E-state index contributed by atoms with van der Waals surface area (Å²) in [5.41, 5.74) is 0. The van der Waals surface area contributed by atoms with Gasteiger partial charge in [-0.3, -0.25) is 4.79 Å². The van der Waals surface area contributed by atoms with E-state index in [1.165, 1.54) is 0 Å². The van der Waals surface area contributed by atoms with Gasteiger partial charge in [0.25, 0.3) is 0 Å². The number of carbonyl (C=O) groups is 1. The Hall–Kier alpha value is -1.58. The summed E-state index contributed by atoms with van der Waals surface area (Å²) in [5.74, 6) is 1.17. The minimum Gasteiger partial charge on any atom is -0.490 e. The van der Waals surface area contributed by atoms with Crippen molar-refractivity contribution in [3.63, 3.8) is 0 Å². The number of pyridine rings is 1. The van der Waals surface area contributed by atoms with Crippen molar-refractivity contribution in [3.05, 3.63) is 18.3 Å². The van der Waals surface area contributed by atoms with Gasteiger partial charge in [-0.25, -0.2) is 4.98 Å². The van der Waals surface area contributed by atoms with Gasteiger partial charge < -0.3 is 10.1 Å². The van der Waals surface area contributed by atoms with Crippen molar-refractivity contribution in [2.75, 3.05) is 11.9 Å². The summed E-state index contributed by atoms with van der Waals surface area (Å²) in [6.07, 6.45) is 3.31. The van der Waals surface area contributed by atoms with Gasteiger partial charge in [-0.15, -0.1) is 0 Å². The highest BCUT2D eigenvalue weighted by molar-refractivity contribution is 5.92. The zero-order valence-corrected chi connectivity index (χ0v) is 10.7. The molecule has 0 bridgehead atoms. The molecule has 1 aromatic rings. The van der Waals surface area contributed by atoms with E-state index in [0.717, 1.165) is 12.8 Å². The Labute approximate surface area is 102 Å². The monoisotopic (exact) mass is 236 g/mol. The van der Waals surface area contributed by atoms with Gasteiger partial charge in [0.2, 0.25) is 5.91 Å². The summed E-state index contributed by atoms with van der Waals surface area (Å²) in [6, 6.07) is 3.59. The van der Waals surface area contributed by atoms with Crippen LogP contribution in [-0.4, -0.2) is 17.5 Å². The van der Waals surface area contributed by atoms with Crippen LogP contribution in [0.5, 0.6) is 5.75 Å². The van der Waals surface area contributed by atoms with E-state index in [2.05, 4.69) is 10.3 Å². The molecule has 0 fully saturated rings. The maximum atomic E-state index is 11.9. The number of amides is 1. The van der Waals surface area contributed by atoms with E-state index in [4.69, 9.17) is 4.74 Å². The van der Waals surface area contributed by atoms with Gasteiger partial charge in [-0.1, -0.05) is 13.8 Å². The summed E-state index contributed by atoms with van der Waals surface area (Å²) in [6.45, 7) is 6.48. The predicted molar refractivity (Wildman–Crippen MR) is 68.1 cm³/mol. The predicted octanol–water partition coefficient (Wildman–Crippen LogP) is 2.86. The lowest BCUT2D eigenvalue weighted by Crippen LogP contribution is -2.22. The molecule has 4 heteroatoms. The lowest BCUT2D eigenvalue weighted by Gasteiger charge is -2.14. The van der Waals surface area contributed by atoms with Crippen LogP contribution in [-0.2, 0) is 4.79 Å². The number of hydrogen-bond donors (Lipinski definition) is 1. The highest BCUT2D eigenvalue weighted by Gasteiger charge is 2.16. The number of aromatic nitrogens is 1. The molecular formula is C13H20N2O2. The van der Waals surface area contributed by atoms with Crippen LogP contribution in [0.3, 0.4) is 0 Å². The average Bonchev–Trinajstić information content (AvgIpc) is 2.33. The zero-order chi connectivity index (χ0) is 12.7. The second-order valence-electron chi connectivity index (χ2n) is 3.79. The van der Waals surface area contributed by atoms with Crippen molar-refractivity contribution < 1.29 is 9.53 Å². The SMILES string of the molecule is CCOc1cccnc1NC(=O)C(CC)CC. The van der Waals surface area contributed by atoms with Crippen molar-refractivity contribution in [1.82, 2.24) is 4.98 Å². The van der Waals surface area contributed by atoms with Crippen LogP contribution in [0.25, 0.3) is 0 Å². The fourth-order valence-corrected chi connectivity index (χ4v) is 1.63. The average molecular weight is 236 g/mol. The van der Waals surface area contributed by atoms with E-state index in [9.17, 15) is 4.79 Å². The highest BCUT2D eigenvalue weighted by Crippen LogP contribution is 2.22. The van der Waals surface area contributed by atoms with E-state index < -0.39 is 0 Å². The van der Waals surface area contributed by atoms with E-state index >= 15 is 0 Å². The van der Waals surface area contributed by atoms with Gasteiger partial charge in [0, 0.05) is 12.1 Å². The van der Waals surface area contributed by atoms with Gasteiger partial charge in [0.05, 0.1) is 6.61 Å². The second kappa shape index (κ2) is 6.89. The van der Waals surface area contributed by atoms with E-state index in [1.54, 1.807) is 18.3 Å². The molecule has 1 heterocycles. The van der Waals surface area contributed by atoms with Gasteiger partial charge in [0.15, 0.2) is 11.6 Å². The summed E-state index contributed by atoms with van der Waals surface area (Å²) in [4.78, 5) is 16.1. The molecular weight excluding hydrogens is 216 g/mol. The summed E-state index contributed by atoms with van der Waals surface area (Å²) >= 11 is 0. The fourth-order valence-electron chi connectivity index (χ4n) is 1.63. The molecule has 17 heavy (non-hydrogen) atoms. The van der Waals surface area contributed by atoms with E-state index in [0.29, 0.717) is 18.2 Å². The molecule has 1 N–H and O–H groups in total. The van der Waals surface area contributed by atoms with Gasteiger partial charge in [0.1, 0.15) is 0 Å². The molecule has 1 rings (SSSR count). The molecule has 94 valence electrons. The van der Waals surface area contributed by atoms with Crippen molar-refractivity contribution in [2.24, 2.45) is 5.92 Å². The first kappa shape index (κ1) is 13.5. The molecule has 0 aliphatic heterocycles. The maximum absolute atomic E-state index is 11.9. The molecule has 0 unspecified atom stereocenters. The Kier molecular flexibility index (Phi) is 5.46. The first-order valence-electron chi connectivity index (χ1n) is 6.11. The minimum atomic E-state index is 0.00894. The lowest BCUT2D eigenvalue weighted by molar-refractivity contribution is -0.120. The summed E-state index contributed by atoms with van der Waals surface area (Å²) < 4.78 is 5.41. The van der Waals surface area contributed by atoms with Gasteiger partial charge >= 0.3 is 0 Å². The first-order chi connectivity index (χ1) is 8.22. The smallest absolute Gasteiger partial charge is 0.228 e. The number of ether oxygens (including phenoxy) is 1. The summed E-state index contributed by atoms with van der Waals surface area (Å²) in [7, 11) is 0. The maximum Gasteiger partial charge on any atom is 0.228 e. The van der Waals surface area contributed by atoms with Crippen LogP contribution in [0.2, 0.25) is 0 Å². The van der Waals surface area contributed by atoms with E-state index in [1.807, 2.05) is 20.8 Å². The summed E-state index contributed by atoms with van der Waals surface area (Å²) in [5, 5.41) is 2.82. The van der Waals surface area contributed by atoms with Crippen molar-refractivity contribution in [3.8, 4) is 5.75 Å². The standard InChI is InChI=1S/C13H20N2O2/c1-4-10(5-2)13(16)15-12-11(17-6-3)8-7-9-14-12/h7-10H,4-6H2,1-3H3,(H,14,15,16). The second-order valence-corrected chi connectivity index (χ2v) is 3.79.